The van der Waals surface area contributed by atoms with Crippen molar-refractivity contribution in [3.8, 4) is 0 Å². The van der Waals surface area contributed by atoms with Gasteiger partial charge in [0.25, 0.3) is 5.91 Å². The van der Waals surface area contributed by atoms with Crippen molar-refractivity contribution in [2.24, 2.45) is 5.73 Å². The van der Waals surface area contributed by atoms with Gasteiger partial charge < -0.3 is 16.8 Å². The number of hydrogen-bond donors (Lipinski definition) is 3. The van der Waals surface area contributed by atoms with Crippen LogP contribution in [0.4, 0.5) is 5.69 Å². The Labute approximate surface area is 128 Å². The van der Waals surface area contributed by atoms with Crippen molar-refractivity contribution in [2.75, 3.05) is 12.3 Å². The van der Waals surface area contributed by atoms with E-state index in [-0.39, 0.29) is 18.2 Å². The highest BCUT2D eigenvalue weighted by atomic mass is 79.9. The van der Waals surface area contributed by atoms with Crippen LogP contribution < -0.4 is 16.8 Å². The van der Waals surface area contributed by atoms with Crippen molar-refractivity contribution >= 4 is 54.9 Å². The number of anilines is 1. The second-order valence-corrected chi connectivity index (χ2v) is 6.28. The van der Waals surface area contributed by atoms with Crippen molar-refractivity contribution in [2.45, 2.75) is 12.8 Å². The first kappa shape index (κ1) is 14.8. The van der Waals surface area contributed by atoms with Crippen molar-refractivity contribution < 1.29 is 9.59 Å². The molecule has 0 fully saturated rings. The number of benzene rings is 1. The second kappa shape index (κ2) is 6.23. The molecule has 0 radical (unpaired) electrons. The molecule has 5 N–H and O–H groups in total. The third-order valence-corrected chi connectivity index (χ3v) is 4.44. The van der Waals surface area contributed by atoms with Crippen LogP contribution >= 0.6 is 27.3 Å². The lowest BCUT2D eigenvalue weighted by Gasteiger charge is -2.03. The zero-order valence-electron chi connectivity index (χ0n) is 10.6. The van der Waals surface area contributed by atoms with Gasteiger partial charge in [0.2, 0.25) is 5.91 Å². The van der Waals surface area contributed by atoms with Crippen LogP contribution in [-0.4, -0.2) is 18.4 Å². The predicted octanol–water partition coefficient (Wildman–Crippen LogP) is 2.24. The highest BCUT2D eigenvalue weighted by molar-refractivity contribution is 9.10. The summed E-state index contributed by atoms with van der Waals surface area (Å²) in [6.45, 7) is 0.402. The highest BCUT2D eigenvalue weighted by Crippen LogP contribution is 2.35. The van der Waals surface area contributed by atoms with Gasteiger partial charge in [-0.1, -0.05) is 22.0 Å². The lowest BCUT2D eigenvalue weighted by Crippen LogP contribution is -2.25. The van der Waals surface area contributed by atoms with E-state index in [0.29, 0.717) is 23.5 Å². The fourth-order valence-corrected chi connectivity index (χ4v) is 3.40. The second-order valence-electron chi connectivity index (χ2n) is 4.31. The summed E-state index contributed by atoms with van der Waals surface area (Å²) in [6.07, 6.45) is 0.784. The van der Waals surface area contributed by atoms with Crippen LogP contribution in [0.5, 0.6) is 0 Å². The van der Waals surface area contributed by atoms with Crippen LogP contribution in [0.1, 0.15) is 22.5 Å². The fraction of sp³-hybridized carbons (Fsp3) is 0.231. The van der Waals surface area contributed by atoms with Gasteiger partial charge in [-0.25, -0.2) is 0 Å². The van der Waals surface area contributed by atoms with Crippen molar-refractivity contribution in [3.63, 3.8) is 0 Å². The topological polar surface area (TPSA) is 98.2 Å². The molecule has 7 heteroatoms. The molecule has 5 nitrogen and oxygen atoms in total. The van der Waals surface area contributed by atoms with Gasteiger partial charge in [-0.05, 0) is 18.6 Å². The molecule has 2 amide bonds. The van der Waals surface area contributed by atoms with Crippen LogP contribution in [-0.2, 0) is 4.79 Å². The number of nitrogen functional groups attached to an aromatic ring is 1. The lowest BCUT2D eigenvalue weighted by molar-refractivity contribution is -0.118. The van der Waals surface area contributed by atoms with Gasteiger partial charge >= 0.3 is 0 Å². The quantitative estimate of drug-likeness (QED) is 0.717. The fourth-order valence-electron chi connectivity index (χ4n) is 1.80. The Morgan fingerprint density at radius 1 is 1.35 bits per heavy atom. The Morgan fingerprint density at radius 2 is 2.10 bits per heavy atom. The monoisotopic (exact) mass is 355 g/mol. The molecule has 0 spiro atoms. The first-order valence-corrected chi connectivity index (χ1v) is 7.64. The average Bonchev–Trinajstić information content (AvgIpc) is 2.71. The molecule has 20 heavy (non-hydrogen) atoms. The summed E-state index contributed by atoms with van der Waals surface area (Å²) < 4.78 is 1.90. The summed E-state index contributed by atoms with van der Waals surface area (Å²) >= 11 is 4.74. The van der Waals surface area contributed by atoms with Gasteiger partial charge in [0.1, 0.15) is 4.88 Å². The summed E-state index contributed by atoms with van der Waals surface area (Å²) in [5.41, 5.74) is 11.5. The molecule has 2 aromatic rings. The summed E-state index contributed by atoms with van der Waals surface area (Å²) in [5.74, 6) is -0.588. The largest absolute Gasteiger partial charge is 0.397 e. The first-order valence-electron chi connectivity index (χ1n) is 6.03. The minimum absolute atomic E-state index is 0.218. The van der Waals surface area contributed by atoms with E-state index in [0.717, 1.165) is 14.6 Å². The number of rotatable bonds is 5. The van der Waals surface area contributed by atoms with Crippen LogP contribution in [0.3, 0.4) is 0 Å². The molecule has 1 aromatic heterocycles. The maximum absolute atomic E-state index is 12.1. The average molecular weight is 356 g/mol. The van der Waals surface area contributed by atoms with E-state index < -0.39 is 0 Å². The van der Waals surface area contributed by atoms with Crippen LogP contribution in [0.15, 0.2) is 22.7 Å². The molecule has 0 saturated carbocycles. The van der Waals surface area contributed by atoms with E-state index in [9.17, 15) is 9.59 Å². The predicted molar refractivity (Wildman–Crippen MR) is 84.7 cm³/mol. The maximum Gasteiger partial charge on any atom is 0.263 e. The van der Waals surface area contributed by atoms with Gasteiger partial charge in [-0.3, -0.25) is 9.59 Å². The Balaban J connectivity index is 2.10. The third kappa shape index (κ3) is 3.29. The highest BCUT2D eigenvalue weighted by Gasteiger charge is 2.16. The van der Waals surface area contributed by atoms with E-state index in [4.69, 9.17) is 11.5 Å². The molecule has 106 valence electrons. The number of nitrogens with one attached hydrogen (secondary N) is 1. The van der Waals surface area contributed by atoms with Crippen molar-refractivity contribution in [1.82, 2.24) is 5.32 Å². The Hall–Kier alpha value is -1.60. The Bertz CT molecular complexity index is 669. The maximum atomic E-state index is 12.1. The number of hydrogen-bond acceptors (Lipinski definition) is 4. The van der Waals surface area contributed by atoms with Crippen LogP contribution in [0.2, 0.25) is 0 Å². The van der Waals surface area contributed by atoms with Gasteiger partial charge in [0.05, 0.1) is 5.69 Å². The van der Waals surface area contributed by atoms with Gasteiger partial charge in [0.15, 0.2) is 0 Å². The zero-order chi connectivity index (χ0) is 14.7. The molecule has 0 aliphatic heterocycles. The van der Waals surface area contributed by atoms with E-state index >= 15 is 0 Å². The SMILES string of the molecule is NC(=O)CCCNC(=O)c1sc2cc(Br)ccc2c1N. The molecular formula is C13H14BrN3O2S. The van der Waals surface area contributed by atoms with E-state index in [1.165, 1.54) is 11.3 Å². The first-order chi connectivity index (χ1) is 9.49. The van der Waals surface area contributed by atoms with E-state index in [1.54, 1.807) is 0 Å². The summed E-state index contributed by atoms with van der Waals surface area (Å²) in [6, 6.07) is 5.70. The molecule has 0 bridgehead atoms. The Kier molecular flexibility index (Phi) is 4.61. The molecule has 0 atom stereocenters. The van der Waals surface area contributed by atoms with E-state index in [1.807, 2.05) is 18.2 Å². The zero-order valence-corrected chi connectivity index (χ0v) is 13.0. The Morgan fingerprint density at radius 3 is 2.80 bits per heavy atom. The van der Waals surface area contributed by atoms with Crippen LogP contribution in [0, 0.1) is 0 Å². The smallest absolute Gasteiger partial charge is 0.263 e. The summed E-state index contributed by atoms with van der Waals surface area (Å²) in [7, 11) is 0. The molecule has 0 aliphatic rings. The molecular weight excluding hydrogens is 342 g/mol. The van der Waals surface area contributed by atoms with Crippen LogP contribution in [0.25, 0.3) is 10.1 Å². The molecule has 0 saturated heterocycles. The minimum atomic E-state index is -0.370. The molecule has 0 unspecified atom stereocenters. The molecule has 1 heterocycles. The summed E-state index contributed by atoms with van der Waals surface area (Å²) in [4.78, 5) is 23.2. The van der Waals surface area contributed by atoms with Crippen molar-refractivity contribution in [1.29, 1.82) is 0 Å². The van der Waals surface area contributed by atoms with Crippen molar-refractivity contribution in [3.05, 3.63) is 27.5 Å². The molecule has 0 aliphatic carbocycles. The lowest BCUT2D eigenvalue weighted by atomic mass is 10.2. The summed E-state index contributed by atoms with van der Waals surface area (Å²) in [5, 5.41) is 3.62. The number of fused-ring (bicyclic) bond motifs is 1. The number of carbonyl (C=O) groups is 2. The normalized spacial score (nSPS) is 10.7. The number of primary amides is 1. The standard InChI is InChI=1S/C13H14BrN3O2S/c14-7-3-4-8-9(6-7)20-12(11(8)16)13(19)17-5-1-2-10(15)18/h3-4,6H,1-2,5,16H2,(H2,15,18)(H,17,19). The van der Waals surface area contributed by atoms with Gasteiger partial charge in [-0.2, -0.15) is 0 Å². The van der Waals surface area contributed by atoms with Gasteiger partial charge in [-0.15, -0.1) is 11.3 Å². The van der Waals surface area contributed by atoms with E-state index in [2.05, 4.69) is 21.2 Å². The third-order valence-electron chi connectivity index (χ3n) is 2.78. The number of amides is 2. The number of carbonyl (C=O) groups excluding carboxylic acids is 2. The minimum Gasteiger partial charge on any atom is -0.397 e. The number of nitrogens with two attached hydrogens (primary N) is 2. The number of thiophene rings is 1. The molecule has 1 aromatic carbocycles. The van der Waals surface area contributed by atoms with Gasteiger partial charge in [0, 0.05) is 27.5 Å². The molecule has 2 rings (SSSR count). The number of halogens is 1.